The van der Waals surface area contributed by atoms with Gasteiger partial charge in [0.2, 0.25) is 0 Å². The smallest absolute Gasteiger partial charge is 0.263 e. The number of nitrogens with one attached hydrogen (secondary N) is 2. The van der Waals surface area contributed by atoms with Crippen LogP contribution < -0.4 is 10.6 Å². The summed E-state index contributed by atoms with van der Waals surface area (Å²) in [4.78, 5) is 16.5. The highest BCUT2D eigenvalue weighted by molar-refractivity contribution is 7.17. The van der Waals surface area contributed by atoms with E-state index in [2.05, 4.69) is 15.6 Å². The molecule has 1 aliphatic carbocycles. The number of carbonyl (C=O) groups excluding carboxylic acids is 1. The molecule has 3 N–H and O–H groups in total. The Hall–Kier alpha value is -1.14. The second-order valence-electron chi connectivity index (χ2n) is 4.75. The van der Waals surface area contributed by atoms with E-state index in [1.807, 2.05) is 0 Å². The molecule has 0 bridgehead atoms. The maximum absolute atomic E-state index is 11.9. The summed E-state index contributed by atoms with van der Waals surface area (Å²) in [5.41, 5.74) is -0.718. The fourth-order valence-corrected chi connectivity index (χ4v) is 2.90. The van der Waals surface area contributed by atoms with Crippen molar-refractivity contribution in [3.63, 3.8) is 0 Å². The maximum atomic E-state index is 11.9. The third-order valence-corrected chi connectivity index (χ3v) is 4.32. The minimum atomic E-state index is -0.718. The number of thiazole rings is 1. The fraction of sp³-hybridized carbons (Fsp3) is 0.667. The van der Waals surface area contributed by atoms with E-state index in [9.17, 15) is 9.90 Å². The molecule has 0 saturated heterocycles. The number of hydrogen-bond donors (Lipinski definition) is 3. The number of aromatic nitrogens is 1. The van der Waals surface area contributed by atoms with E-state index in [1.165, 1.54) is 17.8 Å². The van der Waals surface area contributed by atoms with Crippen LogP contribution in [0.1, 0.15) is 41.8 Å². The molecular formula is C12H19N3O2S. The summed E-state index contributed by atoms with van der Waals surface area (Å²) in [7, 11) is 1.77. The van der Waals surface area contributed by atoms with Crippen molar-refractivity contribution >= 4 is 22.4 Å². The van der Waals surface area contributed by atoms with Gasteiger partial charge in [0, 0.05) is 13.6 Å². The molecule has 0 unspecified atom stereocenters. The zero-order valence-electron chi connectivity index (χ0n) is 10.5. The zero-order chi connectivity index (χ0) is 13.0. The van der Waals surface area contributed by atoms with Crippen molar-refractivity contribution in [3.05, 3.63) is 11.1 Å². The van der Waals surface area contributed by atoms with Gasteiger partial charge in [0.25, 0.3) is 5.91 Å². The Kier molecular flexibility index (Phi) is 4.19. The van der Waals surface area contributed by atoms with E-state index < -0.39 is 5.60 Å². The third kappa shape index (κ3) is 3.20. The van der Waals surface area contributed by atoms with E-state index in [-0.39, 0.29) is 5.91 Å². The second-order valence-corrected chi connectivity index (χ2v) is 5.78. The first-order valence-electron chi connectivity index (χ1n) is 6.27. The van der Waals surface area contributed by atoms with E-state index >= 15 is 0 Å². The van der Waals surface area contributed by atoms with Gasteiger partial charge in [-0.05, 0) is 12.8 Å². The van der Waals surface area contributed by atoms with Gasteiger partial charge in [-0.2, -0.15) is 0 Å². The molecule has 1 fully saturated rings. The van der Waals surface area contributed by atoms with Crippen LogP contribution in [0.5, 0.6) is 0 Å². The van der Waals surface area contributed by atoms with Crippen LogP contribution >= 0.6 is 11.3 Å². The first-order chi connectivity index (χ1) is 8.63. The predicted molar refractivity (Wildman–Crippen MR) is 72.0 cm³/mol. The highest BCUT2D eigenvalue weighted by Crippen LogP contribution is 2.27. The molecule has 5 nitrogen and oxygen atoms in total. The van der Waals surface area contributed by atoms with Crippen molar-refractivity contribution in [1.82, 2.24) is 10.3 Å². The Balaban J connectivity index is 1.87. The standard InChI is InChI=1S/C12H19N3O2S/c1-13-11-14-7-9(18-11)10(16)15-8-12(17)5-3-2-4-6-12/h7,17H,2-6,8H2,1H3,(H,13,14)(H,15,16). The number of anilines is 1. The molecule has 1 aromatic rings. The Labute approximate surface area is 111 Å². The maximum Gasteiger partial charge on any atom is 0.263 e. The molecule has 1 heterocycles. The molecule has 6 heteroatoms. The number of carbonyl (C=O) groups is 1. The highest BCUT2D eigenvalue weighted by Gasteiger charge is 2.29. The van der Waals surface area contributed by atoms with Gasteiger partial charge >= 0.3 is 0 Å². The van der Waals surface area contributed by atoms with Gasteiger partial charge in [-0.15, -0.1) is 0 Å². The number of hydrogen-bond acceptors (Lipinski definition) is 5. The summed E-state index contributed by atoms with van der Waals surface area (Å²) in [6.07, 6.45) is 6.36. The molecule has 100 valence electrons. The van der Waals surface area contributed by atoms with Crippen LogP contribution in [0.15, 0.2) is 6.20 Å². The largest absolute Gasteiger partial charge is 0.388 e. The Bertz CT molecular complexity index is 413. The number of aliphatic hydroxyl groups is 1. The number of amides is 1. The van der Waals surface area contributed by atoms with Gasteiger partial charge in [0.05, 0.1) is 11.8 Å². The topological polar surface area (TPSA) is 74.2 Å². The lowest BCUT2D eigenvalue weighted by molar-refractivity contribution is 0.00529. The molecule has 1 saturated carbocycles. The Morgan fingerprint density at radius 1 is 1.50 bits per heavy atom. The summed E-state index contributed by atoms with van der Waals surface area (Å²) in [6, 6.07) is 0. The molecular weight excluding hydrogens is 250 g/mol. The van der Waals surface area contributed by atoms with Crippen molar-refractivity contribution in [3.8, 4) is 0 Å². The van der Waals surface area contributed by atoms with Crippen molar-refractivity contribution in [2.75, 3.05) is 18.9 Å². The predicted octanol–water partition coefficient (Wildman–Crippen LogP) is 1.61. The van der Waals surface area contributed by atoms with Gasteiger partial charge in [0.1, 0.15) is 4.88 Å². The average molecular weight is 269 g/mol. The molecule has 0 spiro atoms. The molecule has 1 amide bonds. The van der Waals surface area contributed by atoms with Crippen LogP contribution in [0.4, 0.5) is 5.13 Å². The van der Waals surface area contributed by atoms with Gasteiger partial charge < -0.3 is 15.7 Å². The van der Waals surface area contributed by atoms with Crippen LogP contribution in [-0.2, 0) is 0 Å². The SMILES string of the molecule is CNc1ncc(C(=O)NCC2(O)CCCCC2)s1. The molecule has 18 heavy (non-hydrogen) atoms. The van der Waals surface area contributed by atoms with E-state index in [1.54, 1.807) is 13.2 Å². The first kappa shape index (κ1) is 13.3. The second kappa shape index (κ2) is 5.67. The lowest BCUT2D eigenvalue weighted by Crippen LogP contribution is -2.44. The Morgan fingerprint density at radius 3 is 2.83 bits per heavy atom. The fourth-order valence-electron chi connectivity index (χ4n) is 2.21. The highest BCUT2D eigenvalue weighted by atomic mass is 32.1. The Morgan fingerprint density at radius 2 is 2.22 bits per heavy atom. The number of rotatable bonds is 4. The molecule has 2 rings (SSSR count). The summed E-state index contributed by atoms with van der Waals surface area (Å²) in [5.74, 6) is -0.159. The summed E-state index contributed by atoms with van der Waals surface area (Å²) < 4.78 is 0. The first-order valence-corrected chi connectivity index (χ1v) is 7.09. The van der Waals surface area contributed by atoms with Crippen LogP contribution in [0.3, 0.4) is 0 Å². The van der Waals surface area contributed by atoms with Crippen LogP contribution in [0.2, 0.25) is 0 Å². The normalized spacial score (nSPS) is 18.3. The van der Waals surface area contributed by atoms with E-state index in [0.29, 0.717) is 11.4 Å². The molecule has 0 aromatic carbocycles. The zero-order valence-corrected chi connectivity index (χ0v) is 11.3. The molecule has 0 atom stereocenters. The molecule has 0 radical (unpaired) electrons. The van der Waals surface area contributed by atoms with Crippen molar-refractivity contribution in [2.45, 2.75) is 37.7 Å². The molecule has 0 aliphatic heterocycles. The lowest BCUT2D eigenvalue weighted by Gasteiger charge is -2.31. The molecule has 1 aliphatic rings. The monoisotopic (exact) mass is 269 g/mol. The van der Waals surface area contributed by atoms with Crippen LogP contribution in [0, 0.1) is 0 Å². The van der Waals surface area contributed by atoms with Crippen LogP contribution in [-0.4, -0.2) is 35.2 Å². The average Bonchev–Trinajstić information content (AvgIpc) is 2.86. The van der Waals surface area contributed by atoms with E-state index in [0.717, 1.165) is 30.8 Å². The van der Waals surface area contributed by atoms with Crippen molar-refractivity contribution < 1.29 is 9.90 Å². The van der Waals surface area contributed by atoms with Gasteiger partial charge in [-0.25, -0.2) is 4.98 Å². The quantitative estimate of drug-likeness (QED) is 0.776. The van der Waals surface area contributed by atoms with Crippen molar-refractivity contribution in [1.29, 1.82) is 0 Å². The minimum absolute atomic E-state index is 0.159. The third-order valence-electron chi connectivity index (χ3n) is 3.31. The van der Waals surface area contributed by atoms with Crippen LogP contribution in [0.25, 0.3) is 0 Å². The summed E-state index contributed by atoms with van der Waals surface area (Å²) in [6.45, 7) is 0.332. The summed E-state index contributed by atoms with van der Waals surface area (Å²) >= 11 is 1.31. The van der Waals surface area contributed by atoms with Gasteiger partial charge in [0.15, 0.2) is 5.13 Å². The minimum Gasteiger partial charge on any atom is -0.388 e. The van der Waals surface area contributed by atoms with Crippen molar-refractivity contribution in [2.24, 2.45) is 0 Å². The van der Waals surface area contributed by atoms with Gasteiger partial charge in [-0.1, -0.05) is 30.6 Å². The molecule has 1 aromatic heterocycles. The van der Waals surface area contributed by atoms with E-state index in [4.69, 9.17) is 0 Å². The van der Waals surface area contributed by atoms with Gasteiger partial charge in [-0.3, -0.25) is 4.79 Å². The number of nitrogens with zero attached hydrogens (tertiary/aromatic N) is 1. The summed E-state index contributed by atoms with van der Waals surface area (Å²) in [5, 5.41) is 16.7. The lowest BCUT2D eigenvalue weighted by atomic mass is 9.85.